The second-order valence-corrected chi connectivity index (χ2v) is 5.00. The van der Waals surface area contributed by atoms with Crippen LogP contribution in [0.2, 0.25) is 0 Å². The summed E-state index contributed by atoms with van der Waals surface area (Å²) in [4.78, 5) is 11.7. The Kier molecular flexibility index (Phi) is 5.63. The maximum atomic E-state index is 11.7. The number of anilines is 1. The van der Waals surface area contributed by atoms with E-state index in [4.69, 9.17) is 15.2 Å². The minimum Gasteiger partial charge on any atom is -0.491 e. The summed E-state index contributed by atoms with van der Waals surface area (Å²) in [6, 6.07) is 7.22. The molecule has 1 rings (SSSR count). The van der Waals surface area contributed by atoms with E-state index in [2.05, 4.69) is 5.32 Å². The molecule has 0 aromatic heterocycles. The first kappa shape index (κ1) is 15.3. The molecule has 0 aliphatic heterocycles. The van der Waals surface area contributed by atoms with Crippen LogP contribution in [-0.4, -0.2) is 31.8 Å². The van der Waals surface area contributed by atoms with E-state index in [-0.39, 0.29) is 17.9 Å². The first-order chi connectivity index (χ1) is 8.94. The fraction of sp³-hybridized carbons (Fsp3) is 0.500. The Morgan fingerprint density at radius 3 is 2.68 bits per heavy atom. The molecule has 106 valence electrons. The predicted molar refractivity (Wildman–Crippen MR) is 75.1 cm³/mol. The van der Waals surface area contributed by atoms with Crippen molar-refractivity contribution in [2.45, 2.75) is 25.8 Å². The monoisotopic (exact) mass is 266 g/mol. The molecule has 0 bridgehead atoms. The third-order valence-corrected chi connectivity index (χ3v) is 2.49. The molecule has 0 heterocycles. The van der Waals surface area contributed by atoms with Gasteiger partial charge >= 0.3 is 0 Å². The SMILES string of the molecule is COCC(C)(C)NC(=O)CCOc1ccccc1N. The lowest BCUT2D eigenvalue weighted by molar-refractivity contribution is -0.123. The zero-order valence-electron chi connectivity index (χ0n) is 11.7. The lowest BCUT2D eigenvalue weighted by atomic mass is 10.1. The number of methoxy groups -OCH3 is 1. The minimum atomic E-state index is -0.377. The van der Waals surface area contributed by atoms with E-state index < -0.39 is 0 Å². The number of nitrogen functional groups attached to an aromatic ring is 1. The van der Waals surface area contributed by atoms with Crippen molar-refractivity contribution >= 4 is 11.6 Å². The van der Waals surface area contributed by atoms with E-state index in [0.717, 1.165) is 0 Å². The van der Waals surface area contributed by atoms with Gasteiger partial charge in [0.1, 0.15) is 5.75 Å². The van der Waals surface area contributed by atoms with Crippen LogP contribution in [0.1, 0.15) is 20.3 Å². The van der Waals surface area contributed by atoms with E-state index in [9.17, 15) is 4.79 Å². The Labute approximate surface area is 114 Å². The highest BCUT2D eigenvalue weighted by Gasteiger charge is 2.19. The summed E-state index contributed by atoms with van der Waals surface area (Å²) in [5, 5.41) is 2.88. The van der Waals surface area contributed by atoms with E-state index in [1.165, 1.54) is 0 Å². The first-order valence-electron chi connectivity index (χ1n) is 6.22. The summed E-state index contributed by atoms with van der Waals surface area (Å²) in [6.45, 7) is 4.57. The van der Waals surface area contributed by atoms with Crippen molar-refractivity contribution in [1.29, 1.82) is 0 Å². The molecular formula is C14H22N2O3. The highest BCUT2D eigenvalue weighted by atomic mass is 16.5. The number of carbonyl (C=O) groups is 1. The predicted octanol–water partition coefficient (Wildman–Crippen LogP) is 1.58. The molecule has 5 heteroatoms. The zero-order chi connectivity index (χ0) is 14.3. The number of nitrogens with one attached hydrogen (secondary N) is 1. The number of nitrogens with two attached hydrogens (primary N) is 1. The Balaban J connectivity index is 2.33. The van der Waals surface area contributed by atoms with Crippen molar-refractivity contribution in [1.82, 2.24) is 5.32 Å². The van der Waals surface area contributed by atoms with Crippen LogP contribution in [0.15, 0.2) is 24.3 Å². The maximum absolute atomic E-state index is 11.7. The van der Waals surface area contributed by atoms with Gasteiger partial charge in [0.15, 0.2) is 0 Å². The van der Waals surface area contributed by atoms with Gasteiger partial charge in [0.25, 0.3) is 0 Å². The van der Waals surface area contributed by atoms with Gasteiger partial charge in [0.2, 0.25) is 5.91 Å². The average Bonchev–Trinajstić information content (AvgIpc) is 2.30. The van der Waals surface area contributed by atoms with Gasteiger partial charge in [-0.05, 0) is 26.0 Å². The summed E-state index contributed by atoms with van der Waals surface area (Å²) >= 11 is 0. The third kappa shape index (κ3) is 5.61. The maximum Gasteiger partial charge on any atom is 0.223 e. The van der Waals surface area contributed by atoms with Crippen molar-refractivity contribution in [3.05, 3.63) is 24.3 Å². The number of amides is 1. The smallest absolute Gasteiger partial charge is 0.223 e. The van der Waals surface area contributed by atoms with Crippen LogP contribution in [0.25, 0.3) is 0 Å². The molecule has 0 spiro atoms. The van der Waals surface area contributed by atoms with Gasteiger partial charge in [-0.2, -0.15) is 0 Å². The molecule has 3 N–H and O–H groups in total. The summed E-state index contributed by atoms with van der Waals surface area (Å²) < 4.78 is 10.5. The van der Waals surface area contributed by atoms with Gasteiger partial charge in [0, 0.05) is 7.11 Å². The number of carbonyl (C=O) groups excluding carboxylic acids is 1. The van der Waals surface area contributed by atoms with Crippen LogP contribution in [0.4, 0.5) is 5.69 Å². The average molecular weight is 266 g/mol. The second-order valence-electron chi connectivity index (χ2n) is 5.00. The standard InChI is InChI=1S/C14H22N2O3/c1-14(2,10-18-3)16-13(17)8-9-19-12-7-5-4-6-11(12)15/h4-7H,8-10,15H2,1-3H3,(H,16,17). The van der Waals surface area contributed by atoms with Crippen LogP contribution in [0.3, 0.4) is 0 Å². The highest BCUT2D eigenvalue weighted by Crippen LogP contribution is 2.19. The van der Waals surface area contributed by atoms with Gasteiger partial charge < -0.3 is 20.5 Å². The normalized spacial score (nSPS) is 11.1. The number of ether oxygens (including phenoxy) is 2. The minimum absolute atomic E-state index is 0.0726. The molecule has 1 aromatic carbocycles. The number of rotatable bonds is 7. The van der Waals surface area contributed by atoms with Crippen LogP contribution >= 0.6 is 0 Å². The first-order valence-corrected chi connectivity index (χ1v) is 6.22. The van der Waals surface area contributed by atoms with E-state index in [1.807, 2.05) is 26.0 Å². The number of para-hydroxylation sites is 2. The van der Waals surface area contributed by atoms with Crippen LogP contribution in [0.5, 0.6) is 5.75 Å². The van der Waals surface area contributed by atoms with Crippen molar-refractivity contribution in [2.75, 3.05) is 26.1 Å². The Bertz CT molecular complexity index is 419. The molecule has 1 amide bonds. The molecule has 5 nitrogen and oxygen atoms in total. The molecule has 0 fully saturated rings. The van der Waals surface area contributed by atoms with E-state index in [1.54, 1.807) is 19.2 Å². The van der Waals surface area contributed by atoms with Gasteiger partial charge in [-0.3, -0.25) is 4.79 Å². The van der Waals surface area contributed by atoms with Crippen molar-refractivity contribution < 1.29 is 14.3 Å². The summed E-state index contributed by atoms with van der Waals surface area (Å²) in [6.07, 6.45) is 0.279. The molecule has 0 saturated carbocycles. The summed E-state index contributed by atoms with van der Waals surface area (Å²) in [7, 11) is 1.61. The molecule has 0 aliphatic rings. The van der Waals surface area contributed by atoms with Crippen LogP contribution in [0, 0.1) is 0 Å². The summed E-state index contributed by atoms with van der Waals surface area (Å²) in [5.41, 5.74) is 5.93. The molecule has 19 heavy (non-hydrogen) atoms. The van der Waals surface area contributed by atoms with Gasteiger partial charge in [-0.1, -0.05) is 12.1 Å². The number of benzene rings is 1. The fourth-order valence-corrected chi connectivity index (χ4v) is 1.70. The van der Waals surface area contributed by atoms with Gasteiger partial charge in [-0.15, -0.1) is 0 Å². The number of hydrogen-bond acceptors (Lipinski definition) is 4. The highest BCUT2D eigenvalue weighted by molar-refractivity contribution is 5.76. The lowest BCUT2D eigenvalue weighted by Crippen LogP contribution is -2.47. The van der Waals surface area contributed by atoms with Crippen molar-refractivity contribution in [3.63, 3.8) is 0 Å². The fourth-order valence-electron chi connectivity index (χ4n) is 1.70. The molecule has 0 radical (unpaired) electrons. The quantitative estimate of drug-likeness (QED) is 0.735. The van der Waals surface area contributed by atoms with Crippen LogP contribution in [-0.2, 0) is 9.53 Å². The van der Waals surface area contributed by atoms with Crippen molar-refractivity contribution in [3.8, 4) is 5.75 Å². The Morgan fingerprint density at radius 1 is 1.37 bits per heavy atom. The van der Waals surface area contributed by atoms with Gasteiger partial charge in [-0.25, -0.2) is 0 Å². The molecular weight excluding hydrogens is 244 g/mol. The molecule has 0 atom stereocenters. The van der Waals surface area contributed by atoms with Crippen LogP contribution < -0.4 is 15.8 Å². The van der Waals surface area contributed by atoms with E-state index in [0.29, 0.717) is 24.7 Å². The zero-order valence-corrected chi connectivity index (χ0v) is 11.7. The largest absolute Gasteiger partial charge is 0.491 e. The lowest BCUT2D eigenvalue weighted by Gasteiger charge is -2.25. The molecule has 1 aromatic rings. The third-order valence-electron chi connectivity index (χ3n) is 2.49. The Morgan fingerprint density at radius 2 is 2.05 bits per heavy atom. The molecule has 0 unspecified atom stereocenters. The Hall–Kier alpha value is -1.75. The number of hydrogen-bond donors (Lipinski definition) is 2. The van der Waals surface area contributed by atoms with E-state index >= 15 is 0 Å². The van der Waals surface area contributed by atoms with Gasteiger partial charge in [0.05, 0.1) is 30.9 Å². The summed E-state index contributed by atoms with van der Waals surface area (Å²) in [5.74, 6) is 0.531. The topological polar surface area (TPSA) is 73.6 Å². The molecule has 0 saturated heterocycles. The second kappa shape index (κ2) is 6.99. The van der Waals surface area contributed by atoms with Crippen molar-refractivity contribution in [2.24, 2.45) is 0 Å². The molecule has 0 aliphatic carbocycles.